The highest BCUT2D eigenvalue weighted by atomic mass is 16.5. The number of hydrogen-bond donors (Lipinski definition) is 3. The van der Waals surface area contributed by atoms with E-state index in [1.54, 1.807) is 6.07 Å². The zero-order valence-electron chi connectivity index (χ0n) is 18.4. The number of carbonyl (C=O) groups is 3. The molecule has 3 N–H and O–H groups in total. The molecule has 8 heteroatoms. The molecule has 0 aliphatic rings. The van der Waals surface area contributed by atoms with Gasteiger partial charge in [-0.15, -0.1) is 0 Å². The van der Waals surface area contributed by atoms with Gasteiger partial charge in [0.25, 0.3) is 0 Å². The van der Waals surface area contributed by atoms with Gasteiger partial charge in [0.15, 0.2) is 0 Å². The number of rotatable bonds is 9. The first kappa shape index (κ1) is 23.6. The van der Waals surface area contributed by atoms with E-state index in [0.717, 1.165) is 16.3 Å². The van der Waals surface area contributed by atoms with Crippen LogP contribution in [-0.4, -0.2) is 37.8 Å². The Morgan fingerprint density at radius 2 is 1.64 bits per heavy atom. The molecule has 0 bridgehead atoms. The summed E-state index contributed by atoms with van der Waals surface area (Å²) in [5, 5.41) is 10.1. The van der Waals surface area contributed by atoms with Crippen molar-refractivity contribution in [3.05, 3.63) is 78.4 Å². The van der Waals surface area contributed by atoms with E-state index in [0.29, 0.717) is 12.1 Å². The van der Waals surface area contributed by atoms with Gasteiger partial charge in [0.2, 0.25) is 0 Å². The monoisotopic (exact) mass is 449 g/mol. The Labute approximate surface area is 192 Å². The summed E-state index contributed by atoms with van der Waals surface area (Å²) in [7, 11) is 1.26. The number of nitrogens with one attached hydrogen (secondary N) is 3. The molecule has 0 fully saturated rings. The highest BCUT2D eigenvalue weighted by Crippen LogP contribution is 2.18. The van der Waals surface area contributed by atoms with Gasteiger partial charge in [-0.05, 0) is 41.3 Å². The number of anilines is 1. The van der Waals surface area contributed by atoms with Gasteiger partial charge in [-0.2, -0.15) is 0 Å². The minimum atomic E-state index is -0.849. The van der Waals surface area contributed by atoms with Gasteiger partial charge in [0.1, 0.15) is 12.6 Å². The SMILES string of the molecule is COC(=O)[C@@H](CCCNC(=O)OCc1ccccc1)NC(=O)Nc1ccc2ccccc2c1. The summed E-state index contributed by atoms with van der Waals surface area (Å²) >= 11 is 0. The van der Waals surface area contributed by atoms with E-state index >= 15 is 0 Å². The Balaban J connectivity index is 1.43. The van der Waals surface area contributed by atoms with Crippen molar-refractivity contribution in [2.24, 2.45) is 0 Å². The Morgan fingerprint density at radius 1 is 0.909 bits per heavy atom. The number of hydrogen-bond acceptors (Lipinski definition) is 5. The van der Waals surface area contributed by atoms with Crippen LogP contribution in [0.4, 0.5) is 15.3 Å². The molecule has 0 saturated heterocycles. The number of ether oxygens (including phenoxy) is 2. The van der Waals surface area contributed by atoms with Crippen LogP contribution in [0.15, 0.2) is 72.8 Å². The predicted octanol–water partition coefficient (Wildman–Crippen LogP) is 4.21. The second kappa shape index (κ2) is 12.1. The molecule has 0 radical (unpaired) electrons. The highest BCUT2D eigenvalue weighted by molar-refractivity contribution is 5.95. The second-order valence-electron chi connectivity index (χ2n) is 7.37. The van der Waals surface area contributed by atoms with Crippen LogP contribution in [0.1, 0.15) is 18.4 Å². The molecule has 1 atom stereocenters. The Hall–Kier alpha value is -4.07. The summed E-state index contributed by atoms with van der Waals surface area (Å²) in [6.45, 7) is 0.461. The maximum absolute atomic E-state index is 12.4. The maximum Gasteiger partial charge on any atom is 0.407 e. The van der Waals surface area contributed by atoms with Crippen molar-refractivity contribution < 1.29 is 23.9 Å². The van der Waals surface area contributed by atoms with Crippen LogP contribution in [0, 0.1) is 0 Å². The third kappa shape index (κ3) is 7.53. The number of carbonyl (C=O) groups excluding carboxylic acids is 3. The van der Waals surface area contributed by atoms with E-state index in [1.807, 2.05) is 66.7 Å². The molecular weight excluding hydrogens is 422 g/mol. The molecule has 3 aromatic rings. The molecule has 0 aliphatic carbocycles. The quantitative estimate of drug-likeness (QED) is 0.335. The van der Waals surface area contributed by atoms with Gasteiger partial charge in [0, 0.05) is 12.2 Å². The lowest BCUT2D eigenvalue weighted by Crippen LogP contribution is -2.44. The molecule has 0 aliphatic heterocycles. The fourth-order valence-electron chi connectivity index (χ4n) is 3.25. The number of fused-ring (bicyclic) bond motifs is 1. The summed E-state index contributed by atoms with van der Waals surface area (Å²) < 4.78 is 9.94. The average molecular weight is 450 g/mol. The van der Waals surface area contributed by atoms with Crippen molar-refractivity contribution >= 4 is 34.6 Å². The third-order valence-corrected chi connectivity index (χ3v) is 4.95. The molecule has 0 spiro atoms. The van der Waals surface area contributed by atoms with Gasteiger partial charge in [-0.25, -0.2) is 14.4 Å². The fourth-order valence-corrected chi connectivity index (χ4v) is 3.25. The first-order valence-electron chi connectivity index (χ1n) is 10.6. The lowest BCUT2D eigenvalue weighted by Gasteiger charge is -2.17. The lowest BCUT2D eigenvalue weighted by molar-refractivity contribution is -0.143. The van der Waals surface area contributed by atoms with Crippen molar-refractivity contribution in [3.63, 3.8) is 0 Å². The molecule has 0 unspecified atom stereocenters. The van der Waals surface area contributed by atoms with E-state index in [-0.39, 0.29) is 19.6 Å². The molecule has 0 aromatic heterocycles. The topological polar surface area (TPSA) is 106 Å². The van der Waals surface area contributed by atoms with Crippen LogP contribution in [0.2, 0.25) is 0 Å². The minimum Gasteiger partial charge on any atom is -0.467 e. The van der Waals surface area contributed by atoms with Crippen LogP contribution in [0.3, 0.4) is 0 Å². The molecule has 33 heavy (non-hydrogen) atoms. The molecule has 0 saturated carbocycles. The van der Waals surface area contributed by atoms with Crippen LogP contribution >= 0.6 is 0 Å². The summed E-state index contributed by atoms with van der Waals surface area (Å²) in [5.74, 6) is -0.560. The molecule has 0 heterocycles. The van der Waals surface area contributed by atoms with E-state index in [4.69, 9.17) is 9.47 Å². The van der Waals surface area contributed by atoms with Crippen molar-refractivity contribution in [2.45, 2.75) is 25.5 Å². The normalized spacial score (nSPS) is 11.3. The third-order valence-electron chi connectivity index (χ3n) is 4.95. The molecule has 172 valence electrons. The maximum atomic E-state index is 12.4. The summed E-state index contributed by atoms with van der Waals surface area (Å²) in [6.07, 6.45) is 0.184. The van der Waals surface area contributed by atoms with Gasteiger partial charge in [-0.3, -0.25) is 0 Å². The van der Waals surface area contributed by atoms with Gasteiger partial charge in [0.05, 0.1) is 7.11 Å². The van der Waals surface area contributed by atoms with Crippen molar-refractivity contribution in [1.82, 2.24) is 10.6 Å². The van der Waals surface area contributed by atoms with E-state index < -0.39 is 24.1 Å². The second-order valence-corrected chi connectivity index (χ2v) is 7.37. The van der Waals surface area contributed by atoms with Gasteiger partial charge in [-0.1, -0.05) is 60.7 Å². The van der Waals surface area contributed by atoms with E-state index in [2.05, 4.69) is 16.0 Å². The van der Waals surface area contributed by atoms with Crippen LogP contribution in [-0.2, 0) is 20.9 Å². The van der Waals surface area contributed by atoms with Crippen LogP contribution < -0.4 is 16.0 Å². The Kier molecular flexibility index (Phi) is 8.64. The van der Waals surface area contributed by atoms with Gasteiger partial charge >= 0.3 is 18.1 Å². The number of alkyl carbamates (subject to hydrolysis) is 1. The Morgan fingerprint density at radius 3 is 2.39 bits per heavy atom. The predicted molar refractivity (Wildman–Crippen MR) is 126 cm³/mol. The first-order chi connectivity index (χ1) is 16.0. The van der Waals surface area contributed by atoms with Crippen molar-refractivity contribution in [2.75, 3.05) is 19.0 Å². The standard InChI is InChI=1S/C25H27N3O5/c1-32-23(29)22(12-7-15-26-25(31)33-17-18-8-3-2-4-9-18)28-24(30)27-21-14-13-19-10-5-6-11-20(19)16-21/h2-6,8-11,13-14,16,22H,7,12,15,17H2,1H3,(H,26,31)(H2,27,28,30)/t22-/m1/s1. The number of amides is 3. The molecule has 3 aromatic carbocycles. The number of benzene rings is 3. The first-order valence-corrected chi connectivity index (χ1v) is 10.6. The van der Waals surface area contributed by atoms with E-state index in [1.165, 1.54) is 7.11 Å². The smallest absolute Gasteiger partial charge is 0.407 e. The zero-order valence-corrected chi connectivity index (χ0v) is 18.4. The van der Waals surface area contributed by atoms with Gasteiger partial charge < -0.3 is 25.4 Å². The molecule has 8 nitrogen and oxygen atoms in total. The molecule has 3 amide bonds. The summed E-state index contributed by atoms with van der Waals surface area (Å²) in [6, 6.07) is 21.3. The number of urea groups is 1. The lowest BCUT2D eigenvalue weighted by atomic mass is 10.1. The number of methoxy groups -OCH3 is 1. The highest BCUT2D eigenvalue weighted by Gasteiger charge is 2.21. The fraction of sp³-hybridized carbons (Fsp3) is 0.240. The summed E-state index contributed by atoms with van der Waals surface area (Å²) in [5.41, 5.74) is 1.50. The van der Waals surface area contributed by atoms with Crippen molar-refractivity contribution in [1.29, 1.82) is 0 Å². The minimum absolute atomic E-state index is 0.175. The largest absolute Gasteiger partial charge is 0.467 e. The van der Waals surface area contributed by atoms with E-state index in [9.17, 15) is 14.4 Å². The zero-order chi connectivity index (χ0) is 23.5. The molecular formula is C25H27N3O5. The number of esters is 1. The Bertz CT molecular complexity index is 1090. The van der Waals surface area contributed by atoms with Crippen LogP contribution in [0.25, 0.3) is 10.8 Å². The average Bonchev–Trinajstić information content (AvgIpc) is 2.84. The van der Waals surface area contributed by atoms with Crippen molar-refractivity contribution in [3.8, 4) is 0 Å². The summed E-state index contributed by atoms with van der Waals surface area (Å²) in [4.78, 5) is 36.3. The molecule has 3 rings (SSSR count). The van der Waals surface area contributed by atoms with Crippen LogP contribution in [0.5, 0.6) is 0 Å².